The predicted molar refractivity (Wildman–Crippen MR) is 77.6 cm³/mol. The van der Waals surface area contributed by atoms with E-state index in [4.69, 9.17) is 4.99 Å². The Morgan fingerprint density at radius 2 is 1.67 bits per heavy atom. The van der Waals surface area contributed by atoms with Gasteiger partial charge in [0, 0.05) is 16.7 Å². The SMILES string of the molecule is C=C1C(c2ccc(C)cc2)=Nc2c(C)cccc21. The Labute approximate surface area is 108 Å². The van der Waals surface area contributed by atoms with Crippen LogP contribution in [-0.4, -0.2) is 5.71 Å². The second kappa shape index (κ2) is 3.95. The summed E-state index contributed by atoms with van der Waals surface area (Å²) in [6, 6.07) is 14.7. The fourth-order valence-corrected chi connectivity index (χ4v) is 2.31. The lowest BCUT2D eigenvalue weighted by Gasteiger charge is -2.03. The van der Waals surface area contributed by atoms with Gasteiger partial charge in [0.25, 0.3) is 0 Å². The Balaban J connectivity index is 2.12. The minimum atomic E-state index is 0.999. The molecule has 0 aliphatic carbocycles. The van der Waals surface area contributed by atoms with E-state index in [0.717, 1.165) is 28.1 Å². The van der Waals surface area contributed by atoms with Gasteiger partial charge in [-0.2, -0.15) is 0 Å². The minimum Gasteiger partial charge on any atom is -0.247 e. The lowest BCUT2D eigenvalue weighted by Crippen LogP contribution is -1.98. The maximum atomic E-state index is 4.75. The summed E-state index contributed by atoms with van der Waals surface area (Å²) in [5.74, 6) is 0. The average molecular weight is 233 g/mol. The summed E-state index contributed by atoms with van der Waals surface area (Å²) in [6.45, 7) is 8.37. The average Bonchev–Trinajstić information content (AvgIpc) is 2.70. The van der Waals surface area contributed by atoms with Gasteiger partial charge in [-0.25, -0.2) is 4.99 Å². The molecule has 1 nitrogen and oxygen atoms in total. The molecule has 18 heavy (non-hydrogen) atoms. The van der Waals surface area contributed by atoms with Gasteiger partial charge >= 0.3 is 0 Å². The number of benzene rings is 2. The number of allylic oxidation sites excluding steroid dienone is 1. The lowest BCUT2D eigenvalue weighted by molar-refractivity contribution is 1.40. The number of aryl methyl sites for hydroxylation is 2. The van der Waals surface area contributed by atoms with Crippen molar-refractivity contribution >= 4 is 17.0 Å². The highest BCUT2D eigenvalue weighted by Crippen LogP contribution is 2.38. The molecule has 0 radical (unpaired) electrons. The monoisotopic (exact) mass is 233 g/mol. The van der Waals surface area contributed by atoms with Crippen LogP contribution >= 0.6 is 0 Å². The van der Waals surface area contributed by atoms with Crippen molar-refractivity contribution in [1.82, 2.24) is 0 Å². The summed E-state index contributed by atoms with van der Waals surface area (Å²) in [5.41, 5.74) is 7.86. The van der Waals surface area contributed by atoms with Crippen LogP contribution in [0, 0.1) is 13.8 Å². The molecule has 0 atom stereocenters. The minimum absolute atomic E-state index is 0.999. The maximum Gasteiger partial charge on any atom is 0.0782 e. The molecule has 88 valence electrons. The predicted octanol–water partition coefficient (Wildman–Crippen LogP) is 4.45. The molecule has 3 rings (SSSR count). The van der Waals surface area contributed by atoms with Crippen molar-refractivity contribution in [3.05, 3.63) is 71.3 Å². The van der Waals surface area contributed by atoms with E-state index in [1.54, 1.807) is 0 Å². The van der Waals surface area contributed by atoms with E-state index in [0.29, 0.717) is 0 Å². The highest BCUT2D eigenvalue weighted by Gasteiger charge is 2.21. The largest absolute Gasteiger partial charge is 0.247 e. The number of para-hydroxylation sites is 1. The quantitative estimate of drug-likeness (QED) is 0.690. The third-order valence-corrected chi connectivity index (χ3v) is 3.40. The van der Waals surface area contributed by atoms with Crippen LogP contribution in [0.25, 0.3) is 5.57 Å². The van der Waals surface area contributed by atoms with Crippen molar-refractivity contribution in [2.24, 2.45) is 4.99 Å². The van der Waals surface area contributed by atoms with E-state index in [1.165, 1.54) is 11.1 Å². The van der Waals surface area contributed by atoms with Crippen LogP contribution in [-0.2, 0) is 0 Å². The van der Waals surface area contributed by atoms with Gasteiger partial charge in [0.05, 0.1) is 11.4 Å². The van der Waals surface area contributed by atoms with Gasteiger partial charge in [0.15, 0.2) is 0 Å². The van der Waals surface area contributed by atoms with Crippen LogP contribution in [0.3, 0.4) is 0 Å². The Bertz CT molecular complexity index is 661. The first kappa shape index (κ1) is 11.0. The summed E-state index contributed by atoms with van der Waals surface area (Å²) in [6.07, 6.45) is 0. The summed E-state index contributed by atoms with van der Waals surface area (Å²) in [4.78, 5) is 4.75. The highest BCUT2D eigenvalue weighted by atomic mass is 14.8. The molecule has 0 bridgehead atoms. The first-order chi connectivity index (χ1) is 8.66. The number of fused-ring (bicyclic) bond motifs is 1. The van der Waals surface area contributed by atoms with Gasteiger partial charge in [0.1, 0.15) is 0 Å². The van der Waals surface area contributed by atoms with E-state index in [-0.39, 0.29) is 0 Å². The third-order valence-electron chi connectivity index (χ3n) is 3.40. The van der Waals surface area contributed by atoms with Crippen LogP contribution in [0.4, 0.5) is 5.69 Å². The van der Waals surface area contributed by atoms with Gasteiger partial charge in [-0.1, -0.05) is 54.6 Å². The molecule has 1 aliphatic heterocycles. The van der Waals surface area contributed by atoms with Crippen LogP contribution < -0.4 is 0 Å². The van der Waals surface area contributed by atoms with E-state index in [1.807, 2.05) is 0 Å². The number of aliphatic imine (C=N–C) groups is 1. The van der Waals surface area contributed by atoms with E-state index in [2.05, 4.69) is 62.9 Å². The number of hydrogen-bond acceptors (Lipinski definition) is 1. The van der Waals surface area contributed by atoms with Crippen molar-refractivity contribution < 1.29 is 0 Å². The number of rotatable bonds is 1. The molecular weight excluding hydrogens is 218 g/mol. The molecule has 1 heterocycles. The van der Waals surface area contributed by atoms with Crippen molar-refractivity contribution in [2.75, 3.05) is 0 Å². The third kappa shape index (κ3) is 1.60. The maximum absolute atomic E-state index is 4.75. The Morgan fingerprint density at radius 3 is 2.33 bits per heavy atom. The fraction of sp³-hybridized carbons (Fsp3) is 0.118. The van der Waals surface area contributed by atoms with E-state index >= 15 is 0 Å². The molecule has 2 aromatic rings. The second-order valence-electron chi connectivity index (χ2n) is 4.78. The molecule has 0 unspecified atom stereocenters. The summed E-state index contributed by atoms with van der Waals surface area (Å²) in [5, 5.41) is 0. The molecule has 1 heteroatoms. The van der Waals surface area contributed by atoms with Crippen molar-refractivity contribution in [2.45, 2.75) is 13.8 Å². The summed E-state index contributed by atoms with van der Waals surface area (Å²) >= 11 is 0. The normalized spacial score (nSPS) is 13.4. The summed E-state index contributed by atoms with van der Waals surface area (Å²) < 4.78 is 0. The molecule has 1 aliphatic rings. The molecule has 0 spiro atoms. The van der Waals surface area contributed by atoms with Gasteiger partial charge in [-0.15, -0.1) is 0 Å². The Hall–Kier alpha value is -2.15. The van der Waals surface area contributed by atoms with E-state index < -0.39 is 0 Å². The molecule has 0 fully saturated rings. The van der Waals surface area contributed by atoms with Crippen LogP contribution in [0.1, 0.15) is 22.3 Å². The summed E-state index contributed by atoms with van der Waals surface area (Å²) in [7, 11) is 0. The van der Waals surface area contributed by atoms with Gasteiger partial charge in [-0.3, -0.25) is 0 Å². The van der Waals surface area contributed by atoms with Gasteiger partial charge in [-0.05, 0) is 19.4 Å². The number of nitrogens with zero attached hydrogens (tertiary/aromatic N) is 1. The Kier molecular flexibility index (Phi) is 2.41. The number of hydrogen-bond donors (Lipinski definition) is 0. The smallest absolute Gasteiger partial charge is 0.0782 e. The first-order valence-electron chi connectivity index (χ1n) is 6.12. The molecule has 0 saturated heterocycles. The van der Waals surface area contributed by atoms with Crippen LogP contribution in [0.5, 0.6) is 0 Å². The molecule has 0 saturated carbocycles. The standard InChI is InChI=1S/C17H15N/c1-11-7-9-14(10-8-11)17-13(3)15-6-4-5-12(2)16(15)18-17/h4-10H,3H2,1-2H3. The second-order valence-corrected chi connectivity index (χ2v) is 4.78. The zero-order valence-corrected chi connectivity index (χ0v) is 10.7. The lowest BCUT2D eigenvalue weighted by atomic mass is 9.98. The van der Waals surface area contributed by atoms with Crippen LogP contribution in [0.2, 0.25) is 0 Å². The topological polar surface area (TPSA) is 12.4 Å². The van der Waals surface area contributed by atoms with Gasteiger partial charge < -0.3 is 0 Å². The van der Waals surface area contributed by atoms with E-state index in [9.17, 15) is 0 Å². The van der Waals surface area contributed by atoms with Crippen molar-refractivity contribution in [3.8, 4) is 0 Å². The Morgan fingerprint density at radius 1 is 0.944 bits per heavy atom. The zero-order chi connectivity index (χ0) is 12.7. The van der Waals surface area contributed by atoms with Crippen molar-refractivity contribution in [1.29, 1.82) is 0 Å². The molecule has 0 amide bonds. The molecule has 2 aromatic carbocycles. The first-order valence-corrected chi connectivity index (χ1v) is 6.12. The molecule has 0 aromatic heterocycles. The van der Waals surface area contributed by atoms with Crippen LogP contribution in [0.15, 0.2) is 54.0 Å². The zero-order valence-electron chi connectivity index (χ0n) is 10.7. The molecule has 0 N–H and O–H groups in total. The highest BCUT2D eigenvalue weighted by molar-refractivity contribution is 6.35. The van der Waals surface area contributed by atoms with Crippen molar-refractivity contribution in [3.63, 3.8) is 0 Å². The fourth-order valence-electron chi connectivity index (χ4n) is 2.31. The molecular formula is C17H15N. The van der Waals surface area contributed by atoms with Gasteiger partial charge in [0.2, 0.25) is 0 Å².